The van der Waals surface area contributed by atoms with Crippen LogP contribution in [0.1, 0.15) is 46.1 Å². The lowest BCUT2D eigenvalue weighted by Gasteiger charge is -2.34. The number of likely N-dealkylation sites (N-methyl/N-ethyl adjacent to an activating group) is 1. The summed E-state index contributed by atoms with van der Waals surface area (Å²) < 4.78 is 11.1. The fourth-order valence-electron chi connectivity index (χ4n) is 3.00. The van der Waals surface area contributed by atoms with Gasteiger partial charge in [0, 0.05) is 6.54 Å². The van der Waals surface area contributed by atoms with E-state index < -0.39 is 23.2 Å². The number of carbonyl (C=O) groups is 2. The molecule has 2 rings (SSSR count). The Balaban J connectivity index is 2.20. The van der Waals surface area contributed by atoms with Gasteiger partial charge in [-0.25, -0.2) is 9.59 Å². The third kappa shape index (κ3) is 5.46. The van der Waals surface area contributed by atoms with Gasteiger partial charge in [0.25, 0.3) is 0 Å². The van der Waals surface area contributed by atoms with Gasteiger partial charge in [-0.05, 0) is 59.7 Å². The molecule has 2 atom stereocenters. The molecule has 0 spiro atoms. The Labute approximate surface area is 155 Å². The highest BCUT2D eigenvalue weighted by atomic mass is 16.6. The quantitative estimate of drug-likeness (QED) is 0.834. The Morgan fingerprint density at radius 3 is 2.38 bits per heavy atom. The molecule has 0 bridgehead atoms. The highest BCUT2D eigenvalue weighted by Gasteiger charge is 2.41. The molecule has 1 amide bonds. The monoisotopic (exact) mass is 362 g/mol. The molecule has 1 aromatic rings. The number of esters is 1. The van der Waals surface area contributed by atoms with Crippen LogP contribution in [0.15, 0.2) is 30.3 Å². The predicted octanol–water partition coefficient (Wildman–Crippen LogP) is 3.06. The number of benzene rings is 1. The normalized spacial score (nSPS) is 20.7. The molecule has 26 heavy (non-hydrogen) atoms. The maximum Gasteiger partial charge on any atom is 0.408 e. The van der Waals surface area contributed by atoms with Crippen molar-refractivity contribution in [2.45, 2.75) is 57.8 Å². The summed E-state index contributed by atoms with van der Waals surface area (Å²) in [6, 6.07) is 9.11. The third-order valence-electron chi connectivity index (χ3n) is 4.37. The van der Waals surface area contributed by atoms with Crippen molar-refractivity contribution < 1.29 is 19.1 Å². The van der Waals surface area contributed by atoms with Crippen LogP contribution < -0.4 is 5.32 Å². The number of nitrogens with one attached hydrogen (secondary N) is 1. The second-order valence-corrected chi connectivity index (χ2v) is 8.05. The van der Waals surface area contributed by atoms with Gasteiger partial charge in [0.2, 0.25) is 0 Å². The summed E-state index contributed by atoms with van der Waals surface area (Å²) in [6.45, 7) is 8.69. The van der Waals surface area contributed by atoms with E-state index in [0.29, 0.717) is 12.1 Å². The van der Waals surface area contributed by atoms with Gasteiger partial charge in [-0.3, -0.25) is 0 Å². The van der Waals surface area contributed by atoms with E-state index in [1.54, 1.807) is 39.8 Å². The highest BCUT2D eigenvalue weighted by Crippen LogP contribution is 2.25. The van der Waals surface area contributed by atoms with Crippen LogP contribution in [0.4, 0.5) is 4.79 Å². The summed E-state index contributed by atoms with van der Waals surface area (Å²) >= 11 is 0. The number of piperidine rings is 1. The van der Waals surface area contributed by atoms with E-state index in [9.17, 15) is 9.59 Å². The molecular weight excluding hydrogens is 332 g/mol. The van der Waals surface area contributed by atoms with E-state index in [0.717, 1.165) is 19.4 Å². The topological polar surface area (TPSA) is 67.9 Å². The van der Waals surface area contributed by atoms with Crippen molar-refractivity contribution in [3.63, 3.8) is 0 Å². The third-order valence-corrected chi connectivity index (χ3v) is 4.37. The van der Waals surface area contributed by atoms with Gasteiger partial charge >= 0.3 is 12.1 Å². The summed E-state index contributed by atoms with van der Waals surface area (Å²) in [5.74, 6) is -0.477. The molecule has 1 fully saturated rings. The minimum atomic E-state index is -1.32. The molecular formula is C20H30N2O4. The van der Waals surface area contributed by atoms with Crippen molar-refractivity contribution in [1.29, 1.82) is 0 Å². The molecule has 144 valence electrons. The van der Waals surface area contributed by atoms with Crippen molar-refractivity contribution in [3.8, 4) is 0 Å². The summed E-state index contributed by atoms with van der Waals surface area (Å²) in [4.78, 5) is 27.5. The number of alkyl carbamates (subject to hydrolysis) is 1. The first kappa shape index (κ1) is 20.2. The molecule has 6 nitrogen and oxygen atoms in total. The van der Waals surface area contributed by atoms with Crippen LogP contribution in [0.3, 0.4) is 0 Å². The van der Waals surface area contributed by atoms with Crippen molar-refractivity contribution in [3.05, 3.63) is 35.9 Å². The number of amides is 1. The van der Waals surface area contributed by atoms with Crippen molar-refractivity contribution >= 4 is 12.1 Å². The molecule has 6 heteroatoms. The summed E-state index contributed by atoms with van der Waals surface area (Å²) in [7, 11) is 2.01. The van der Waals surface area contributed by atoms with Gasteiger partial charge in [-0.15, -0.1) is 0 Å². The number of hydrogen-bond donors (Lipinski definition) is 1. The summed E-state index contributed by atoms with van der Waals surface area (Å²) in [6.07, 6.45) is 0.981. The Kier molecular flexibility index (Phi) is 6.29. The first-order valence-electron chi connectivity index (χ1n) is 9.06. The SMILES string of the molecule is CN1CCC[C@@H](OC(=O)C(C)(NC(=O)OC(C)(C)C)c2ccccc2)C1. The van der Waals surface area contributed by atoms with Crippen LogP contribution in [-0.2, 0) is 19.8 Å². The molecule has 1 heterocycles. The number of ether oxygens (including phenoxy) is 2. The molecule has 0 radical (unpaired) electrons. The molecule has 1 aliphatic rings. The highest BCUT2D eigenvalue weighted by molar-refractivity contribution is 5.87. The van der Waals surface area contributed by atoms with E-state index in [1.165, 1.54) is 0 Å². The first-order chi connectivity index (χ1) is 12.1. The van der Waals surface area contributed by atoms with Crippen molar-refractivity contribution in [2.24, 2.45) is 0 Å². The zero-order chi connectivity index (χ0) is 19.4. The Morgan fingerprint density at radius 1 is 1.15 bits per heavy atom. The second kappa shape index (κ2) is 8.08. The lowest BCUT2D eigenvalue weighted by molar-refractivity contribution is -0.159. The Hall–Kier alpha value is -2.08. The predicted molar refractivity (Wildman–Crippen MR) is 99.8 cm³/mol. The van der Waals surface area contributed by atoms with E-state index in [4.69, 9.17) is 9.47 Å². The van der Waals surface area contributed by atoms with Crippen LogP contribution in [0, 0.1) is 0 Å². The maximum absolute atomic E-state index is 13.0. The van der Waals surface area contributed by atoms with Crippen LogP contribution in [-0.4, -0.2) is 48.8 Å². The average molecular weight is 362 g/mol. The lowest BCUT2D eigenvalue weighted by atomic mass is 9.92. The zero-order valence-corrected chi connectivity index (χ0v) is 16.4. The van der Waals surface area contributed by atoms with Gasteiger partial charge in [0.05, 0.1) is 0 Å². The second-order valence-electron chi connectivity index (χ2n) is 8.05. The number of likely N-dealkylation sites (tertiary alicyclic amines) is 1. The fourth-order valence-corrected chi connectivity index (χ4v) is 3.00. The van der Waals surface area contributed by atoms with Crippen LogP contribution in [0.5, 0.6) is 0 Å². The molecule has 1 aromatic carbocycles. The molecule has 1 aliphatic heterocycles. The van der Waals surface area contributed by atoms with E-state index in [1.807, 2.05) is 25.2 Å². The minimum Gasteiger partial charge on any atom is -0.459 e. The van der Waals surface area contributed by atoms with Crippen LogP contribution in [0.2, 0.25) is 0 Å². The molecule has 1 N–H and O–H groups in total. The number of hydrogen-bond acceptors (Lipinski definition) is 5. The number of rotatable bonds is 4. The fraction of sp³-hybridized carbons (Fsp3) is 0.600. The lowest BCUT2D eigenvalue weighted by Crippen LogP contribution is -2.53. The minimum absolute atomic E-state index is 0.176. The van der Waals surface area contributed by atoms with Crippen molar-refractivity contribution in [2.75, 3.05) is 20.1 Å². The smallest absolute Gasteiger partial charge is 0.408 e. The molecule has 1 saturated heterocycles. The molecule has 0 saturated carbocycles. The summed E-state index contributed by atoms with van der Waals surface area (Å²) in [5, 5.41) is 2.72. The maximum atomic E-state index is 13.0. The standard InChI is InChI=1S/C20H30N2O4/c1-19(2,3)26-18(24)21-20(4,15-10-7-6-8-11-15)17(23)25-16-12-9-13-22(5)14-16/h6-8,10-11,16H,9,12-14H2,1-5H3,(H,21,24)/t16-,20?/m1/s1. The number of nitrogens with zero attached hydrogens (tertiary/aromatic N) is 1. The summed E-state index contributed by atoms with van der Waals surface area (Å²) in [5.41, 5.74) is -1.32. The Bertz CT molecular complexity index is 626. The first-order valence-corrected chi connectivity index (χ1v) is 9.06. The van der Waals surface area contributed by atoms with Gasteiger partial charge in [-0.2, -0.15) is 0 Å². The van der Waals surface area contributed by atoms with E-state index in [2.05, 4.69) is 10.2 Å². The zero-order valence-electron chi connectivity index (χ0n) is 16.4. The van der Waals surface area contributed by atoms with Gasteiger partial charge < -0.3 is 19.7 Å². The Morgan fingerprint density at radius 2 is 1.81 bits per heavy atom. The van der Waals surface area contributed by atoms with Gasteiger partial charge in [0.15, 0.2) is 5.54 Å². The van der Waals surface area contributed by atoms with Crippen LogP contribution >= 0.6 is 0 Å². The molecule has 0 aromatic heterocycles. The van der Waals surface area contributed by atoms with Gasteiger partial charge in [0.1, 0.15) is 11.7 Å². The molecule has 0 aliphatic carbocycles. The van der Waals surface area contributed by atoms with Crippen molar-refractivity contribution in [1.82, 2.24) is 10.2 Å². The van der Waals surface area contributed by atoms with E-state index >= 15 is 0 Å². The molecule has 1 unspecified atom stereocenters. The average Bonchev–Trinajstić information content (AvgIpc) is 2.53. The van der Waals surface area contributed by atoms with E-state index in [-0.39, 0.29) is 6.10 Å². The van der Waals surface area contributed by atoms with Gasteiger partial charge in [-0.1, -0.05) is 30.3 Å². The largest absolute Gasteiger partial charge is 0.459 e. The van der Waals surface area contributed by atoms with Crippen LogP contribution in [0.25, 0.3) is 0 Å². The number of carbonyl (C=O) groups excluding carboxylic acids is 2.